The second-order valence-corrected chi connectivity index (χ2v) is 4.04. The van der Waals surface area contributed by atoms with Crippen molar-refractivity contribution in [1.82, 2.24) is 4.98 Å². The van der Waals surface area contributed by atoms with E-state index in [4.69, 9.17) is 10.00 Å². The molecule has 1 heterocycles. The van der Waals surface area contributed by atoms with Gasteiger partial charge in [-0.05, 0) is 27.6 Å². The van der Waals surface area contributed by atoms with Crippen molar-refractivity contribution in [3.05, 3.63) is 28.4 Å². The number of hydrogen-bond donors (Lipinski definition) is 1. The zero-order valence-corrected chi connectivity index (χ0v) is 9.76. The van der Waals surface area contributed by atoms with Gasteiger partial charge in [0, 0.05) is 23.2 Å². The lowest BCUT2D eigenvalue weighted by Crippen LogP contribution is -1.84. The van der Waals surface area contributed by atoms with Crippen molar-refractivity contribution in [1.29, 1.82) is 5.26 Å². The van der Waals surface area contributed by atoms with Crippen molar-refractivity contribution in [2.75, 3.05) is 7.11 Å². The minimum atomic E-state index is 0.415. The summed E-state index contributed by atoms with van der Waals surface area (Å²) >= 11 is 3.43. The van der Waals surface area contributed by atoms with Gasteiger partial charge in [-0.25, -0.2) is 0 Å². The largest absolute Gasteiger partial charge is 0.495 e. The molecule has 1 aromatic heterocycles. The van der Waals surface area contributed by atoms with Gasteiger partial charge >= 0.3 is 0 Å². The van der Waals surface area contributed by atoms with Gasteiger partial charge < -0.3 is 9.72 Å². The minimum absolute atomic E-state index is 0.415. The first kappa shape index (κ1) is 10.1. The topological polar surface area (TPSA) is 48.8 Å². The van der Waals surface area contributed by atoms with Crippen LogP contribution in [0.1, 0.15) is 5.56 Å². The van der Waals surface area contributed by atoms with E-state index in [-0.39, 0.29) is 0 Å². The lowest BCUT2D eigenvalue weighted by Gasteiger charge is -2.03. The fourth-order valence-electron chi connectivity index (χ4n) is 1.57. The van der Waals surface area contributed by atoms with Crippen molar-refractivity contribution in [2.45, 2.75) is 6.42 Å². The van der Waals surface area contributed by atoms with Gasteiger partial charge in [0.2, 0.25) is 0 Å². The number of rotatable bonds is 2. The van der Waals surface area contributed by atoms with E-state index < -0.39 is 0 Å². The summed E-state index contributed by atoms with van der Waals surface area (Å²) in [5.41, 5.74) is 2.00. The average Bonchev–Trinajstić information content (AvgIpc) is 2.61. The number of methoxy groups -OCH3 is 1. The molecule has 76 valence electrons. The van der Waals surface area contributed by atoms with Crippen LogP contribution in [-0.4, -0.2) is 12.1 Å². The Morgan fingerprint density at radius 1 is 1.53 bits per heavy atom. The molecule has 0 spiro atoms. The Balaban J connectivity index is 2.63. The van der Waals surface area contributed by atoms with Crippen LogP contribution in [0.25, 0.3) is 10.9 Å². The van der Waals surface area contributed by atoms with E-state index >= 15 is 0 Å². The monoisotopic (exact) mass is 264 g/mol. The quantitative estimate of drug-likeness (QED) is 0.907. The second-order valence-electron chi connectivity index (χ2n) is 3.18. The van der Waals surface area contributed by atoms with Gasteiger partial charge in [-0.1, -0.05) is 0 Å². The number of nitrogens with zero attached hydrogens (tertiary/aromatic N) is 1. The van der Waals surface area contributed by atoms with Crippen LogP contribution in [-0.2, 0) is 6.42 Å². The van der Waals surface area contributed by atoms with E-state index in [9.17, 15) is 0 Å². The van der Waals surface area contributed by atoms with Gasteiger partial charge in [0.25, 0.3) is 0 Å². The molecule has 15 heavy (non-hydrogen) atoms. The van der Waals surface area contributed by atoms with Crippen LogP contribution in [0.4, 0.5) is 0 Å². The molecule has 0 saturated heterocycles. The second kappa shape index (κ2) is 3.95. The highest BCUT2D eigenvalue weighted by Crippen LogP contribution is 2.31. The van der Waals surface area contributed by atoms with E-state index in [0.717, 1.165) is 26.7 Å². The molecular formula is C11H9BrN2O. The maximum atomic E-state index is 8.67. The van der Waals surface area contributed by atoms with Gasteiger partial charge in [0.05, 0.1) is 24.1 Å². The number of aromatic nitrogens is 1. The highest BCUT2D eigenvalue weighted by Gasteiger charge is 2.07. The number of aromatic amines is 1. The number of fused-ring (bicyclic) bond motifs is 1. The van der Waals surface area contributed by atoms with Gasteiger partial charge in [0.15, 0.2) is 0 Å². The first-order valence-electron chi connectivity index (χ1n) is 4.46. The van der Waals surface area contributed by atoms with Gasteiger partial charge in [-0.2, -0.15) is 5.26 Å². The molecule has 0 radical (unpaired) electrons. The smallest absolute Gasteiger partial charge is 0.135 e. The van der Waals surface area contributed by atoms with Crippen LogP contribution in [0, 0.1) is 11.3 Å². The molecule has 0 bridgehead atoms. The van der Waals surface area contributed by atoms with E-state index in [0.29, 0.717) is 6.42 Å². The van der Waals surface area contributed by atoms with Crippen molar-refractivity contribution < 1.29 is 4.74 Å². The van der Waals surface area contributed by atoms with Crippen molar-refractivity contribution in [3.63, 3.8) is 0 Å². The van der Waals surface area contributed by atoms with Crippen molar-refractivity contribution in [3.8, 4) is 11.8 Å². The van der Waals surface area contributed by atoms with E-state index in [1.165, 1.54) is 0 Å². The lowest BCUT2D eigenvalue weighted by molar-refractivity contribution is 0.413. The summed E-state index contributed by atoms with van der Waals surface area (Å²) in [7, 11) is 1.63. The molecule has 0 fully saturated rings. The maximum Gasteiger partial charge on any atom is 0.135 e. The molecular weight excluding hydrogens is 256 g/mol. The van der Waals surface area contributed by atoms with Gasteiger partial charge in [-0.3, -0.25) is 0 Å². The first-order chi connectivity index (χ1) is 7.26. The minimum Gasteiger partial charge on any atom is -0.495 e. The van der Waals surface area contributed by atoms with Crippen LogP contribution in [0.5, 0.6) is 5.75 Å². The van der Waals surface area contributed by atoms with Crippen LogP contribution < -0.4 is 4.74 Å². The number of benzene rings is 1. The summed E-state index contributed by atoms with van der Waals surface area (Å²) in [5, 5.41) is 9.73. The molecule has 1 aromatic carbocycles. The Hall–Kier alpha value is -1.47. The van der Waals surface area contributed by atoms with E-state index in [2.05, 4.69) is 27.0 Å². The molecule has 0 aliphatic carbocycles. The zero-order chi connectivity index (χ0) is 10.8. The van der Waals surface area contributed by atoms with Gasteiger partial charge in [-0.15, -0.1) is 0 Å². The fraction of sp³-hybridized carbons (Fsp3) is 0.182. The predicted molar refractivity (Wildman–Crippen MR) is 61.9 cm³/mol. The van der Waals surface area contributed by atoms with Crippen LogP contribution >= 0.6 is 15.9 Å². The summed E-state index contributed by atoms with van der Waals surface area (Å²) in [5.74, 6) is 0.785. The highest BCUT2D eigenvalue weighted by atomic mass is 79.9. The maximum absolute atomic E-state index is 8.67. The molecule has 0 saturated carbocycles. The summed E-state index contributed by atoms with van der Waals surface area (Å²) < 4.78 is 6.09. The normalized spacial score (nSPS) is 10.2. The Labute approximate surface area is 95.8 Å². The third-order valence-corrected chi connectivity index (χ3v) is 2.93. The highest BCUT2D eigenvalue weighted by molar-refractivity contribution is 9.10. The third-order valence-electron chi connectivity index (χ3n) is 2.31. The Morgan fingerprint density at radius 3 is 3.00 bits per heavy atom. The molecule has 2 rings (SSSR count). The van der Waals surface area contributed by atoms with E-state index in [1.54, 1.807) is 7.11 Å². The fourth-order valence-corrected chi connectivity index (χ4v) is 2.07. The van der Waals surface area contributed by atoms with E-state index in [1.807, 2.05) is 18.3 Å². The molecule has 2 aromatic rings. The third kappa shape index (κ3) is 1.71. The van der Waals surface area contributed by atoms with Gasteiger partial charge in [0.1, 0.15) is 5.75 Å². The molecule has 0 unspecified atom stereocenters. The molecule has 0 aliphatic rings. The number of H-pyrrole nitrogens is 1. The summed E-state index contributed by atoms with van der Waals surface area (Å²) in [6.07, 6.45) is 2.28. The van der Waals surface area contributed by atoms with Crippen LogP contribution in [0.3, 0.4) is 0 Å². The molecule has 1 N–H and O–H groups in total. The van der Waals surface area contributed by atoms with Crippen molar-refractivity contribution in [2.24, 2.45) is 0 Å². The zero-order valence-electron chi connectivity index (χ0n) is 8.17. The average molecular weight is 265 g/mol. The summed E-state index contributed by atoms with van der Waals surface area (Å²) in [4.78, 5) is 3.12. The Morgan fingerprint density at radius 2 is 2.33 bits per heavy atom. The summed E-state index contributed by atoms with van der Waals surface area (Å²) in [6.45, 7) is 0. The molecule has 0 atom stereocenters. The molecule has 0 aliphatic heterocycles. The lowest BCUT2D eigenvalue weighted by atomic mass is 10.1. The molecule has 3 nitrogen and oxygen atoms in total. The number of halogens is 1. The Bertz CT molecular complexity index is 539. The Kier molecular flexibility index (Phi) is 2.65. The number of hydrogen-bond acceptors (Lipinski definition) is 2. The van der Waals surface area contributed by atoms with Crippen molar-refractivity contribution >= 4 is 26.8 Å². The predicted octanol–water partition coefficient (Wildman–Crippen LogP) is 3.01. The van der Waals surface area contributed by atoms with Crippen LogP contribution in [0.2, 0.25) is 0 Å². The SMILES string of the molecule is COc1cc2[nH]cc(CC#N)c2cc1Br. The summed E-state index contributed by atoms with van der Waals surface area (Å²) in [6, 6.07) is 6.03. The number of ether oxygens (including phenoxy) is 1. The van der Waals surface area contributed by atoms with Crippen LogP contribution in [0.15, 0.2) is 22.8 Å². The standard InChI is InChI=1S/C11H9BrN2O/c1-15-11-5-10-8(4-9(11)12)7(2-3-13)6-14-10/h4-6,14H,2H2,1H3. The molecule has 4 heteroatoms. The molecule has 0 amide bonds. The number of nitriles is 1. The number of nitrogens with one attached hydrogen (secondary N) is 1. The first-order valence-corrected chi connectivity index (χ1v) is 5.26.